The average Bonchev–Trinajstić information content (AvgIpc) is 2.97. The number of nitrogens with zero attached hydrogens (tertiary/aromatic N) is 3. The van der Waals surface area contributed by atoms with Gasteiger partial charge in [-0.15, -0.1) is 0 Å². The van der Waals surface area contributed by atoms with E-state index in [1.807, 2.05) is 4.90 Å². The van der Waals surface area contributed by atoms with Crippen molar-refractivity contribution in [3.05, 3.63) is 23.4 Å². The second-order valence-corrected chi connectivity index (χ2v) is 6.26. The first kappa shape index (κ1) is 14.4. The van der Waals surface area contributed by atoms with Crippen molar-refractivity contribution in [2.75, 3.05) is 24.5 Å². The Morgan fingerprint density at radius 2 is 1.90 bits per heavy atom. The molecule has 4 nitrogen and oxygen atoms in total. The highest BCUT2D eigenvalue weighted by Gasteiger charge is 2.29. The summed E-state index contributed by atoms with van der Waals surface area (Å²) in [6, 6.07) is 4.56. The number of likely N-dealkylation sites (tertiary alicyclic amines) is 1. The summed E-state index contributed by atoms with van der Waals surface area (Å²) in [4.78, 5) is 21.0. The van der Waals surface area contributed by atoms with Gasteiger partial charge in [0.15, 0.2) is 0 Å². The molecule has 1 aromatic rings. The molecule has 2 aliphatic rings. The zero-order chi connectivity index (χ0) is 14.8. The number of hydrogen-bond acceptors (Lipinski definition) is 3. The predicted molar refractivity (Wildman–Crippen MR) is 84.4 cm³/mol. The fourth-order valence-electron chi connectivity index (χ4n) is 3.68. The Kier molecular flexibility index (Phi) is 4.13. The van der Waals surface area contributed by atoms with Gasteiger partial charge in [-0.2, -0.15) is 0 Å². The van der Waals surface area contributed by atoms with Crippen LogP contribution in [0, 0.1) is 6.92 Å². The van der Waals surface area contributed by atoms with Crippen LogP contribution in [0.2, 0.25) is 0 Å². The molecule has 1 amide bonds. The van der Waals surface area contributed by atoms with Crippen LogP contribution in [0.3, 0.4) is 0 Å². The van der Waals surface area contributed by atoms with Gasteiger partial charge in [-0.25, -0.2) is 4.98 Å². The molecule has 3 heterocycles. The van der Waals surface area contributed by atoms with Crippen molar-refractivity contribution in [3.8, 4) is 0 Å². The molecule has 3 rings (SSSR count). The minimum absolute atomic E-state index is 0.178. The van der Waals surface area contributed by atoms with Crippen LogP contribution >= 0.6 is 0 Å². The average molecular weight is 287 g/mol. The molecule has 0 bridgehead atoms. The molecule has 0 aliphatic carbocycles. The molecular weight excluding hydrogens is 262 g/mol. The maximum atomic E-state index is 11.8. The number of anilines is 1. The zero-order valence-electron chi connectivity index (χ0n) is 13.1. The largest absolute Gasteiger partial charge is 0.357 e. The van der Waals surface area contributed by atoms with Crippen LogP contribution in [0.15, 0.2) is 12.1 Å². The first-order valence-electron chi connectivity index (χ1n) is 8.16. The second-order valence-electron chi connectivity index (χ2n) is 6.26. The minimum Gasteiger partial charge on any atom is -0.357 e. The van der Waals surface area contributed by atoms with Crippen molar-refractivity contribution in [1.82, 2.24) is 9.88 Å². The van der Waals surface area contributed by atoms with E-state index in [1.54, 1.807) is 6.92 Å². The van der Waals surface area contributed by atoms with Gasteiger partial charge in [-0.1, -0.05) is 6.07 Å². The van der Waals surface area contributed by atoms with Gasteiger partial charge < -0.3 is 9.80 Å². The van der Waals surface area contributed by atoms with Gasteiger partial charge in [0.25, 0.3) is 0 Å². The number of pyridine rings is 1. The predicted octanol–water partition coefficient (Wildman–Crippen LogP) is 3.06. The first-order chi connectivity index (χ1) is 10.2. The van der Waals surface area contributed by atoms with Gasteiger partial charge in [0.2, 0.25) is 5.91 Å². The molecule has 0 N–H and O–H groups in total. The molecule has 1 unspecified atom stereocenters. The standard InChI is InChI=1S/C17H25N3O/c1-13-15(16-7-6-12-20(16)14(2)21)8-9-17(18-13)19-10-4-3-5-11-19/h8-9,16H,3-7,10-12H2,1-2H3. The number of aryl methyl sites for hydroxylation is 1. The Balaban J connectivity index is 1.82. The zero-order valence-corrected chi connectivity index (χ0v) is 13.1. The lowest BCUT2D eigenvalue weighted by atomic mass is 10.0. The second kappa shape index (κ2) is 6.04. The lowest BCUT2D eigenvalue weighted by Crippen LogP contribution is -2.31. The molecule has 0 radical (unpaired) electrons. The van der Waals surface area contributed by atoms with E-state index in [2.05, 4.69) is 24.0 Å². The number of amides is 1. The van der Waals surface area contributed by atoms with E-state index in [-0.39, 0.29) is 11.9 Å². The molecule has 0 saturated carbocycles. The normalized spacial score (nSPS) is 22.7. The van der Waals surface area contributed by atoms with E-state index < -0.39 is 0 Å². The number of piperidine rings is 1. The van der Waals surface area contributed by atoms with Gasteiger partial charge in [-0.05, 0) is 50.7 Å². The van der Waals surface area contributed by atoms with E-state index >= 15 is 0 Å². The Labute approximate surface area is 127 Å². The van der Waals surface area contributed by atoms with Gasteiger partial charge in [0, 0.05) is 32.3 Å². The molecule has 114 valence electrons. The van der Waals surface area contributed by atoms with Gasteiger partial charge in [0.1, 0.15) is 5.82 Å². The maximum Gasteiger partial charge on any atom is 0.219 e. The van der Waals surface area contributed by atoms with Crippen LogP contribution in [0.25, 0.3) is 0 Å². The minimum atomic E-state index is 0.178. The number of carbonyl (C=O) groups excluding carboxylic acids is 1. The van der Waals surface area contributed by atoms with Crippen molar-refractivity contribution in [2.45, 2.75) is 52.0 Å². The first-order valence-corrected chi connectivity index (χ1v) is 8.16. The van der Waals surface area contributed by atoms with Crippen LogP contribution in [-0.2, 0) is 4.79 Å². The summed E-state index contributed by atoms with van der Waals surface area (Å²) in [5, 5.41) is 0. The van der Waals surface area contributed by atoms with Crippen molar-refractivity contribution < 1.29 is 4.79 Å². The summed E-state index contributed by atoms with van der Waals surface area (Å²) in [6.45, 7) is 6.87. The molecule has 2 aliphatic heterocycles. The van der Waals surface area contributed by atoms with Crippen molar-refractivity contribution in [1.29, 1.82) is 0 Å². The van der Waals surface area contributed by atoms with Gasteiger partial charge in [0.05, 0.1) is 6.04 Å². The summed E-state index contributed by atoms with van der Waals surface area (Å²) in [5.74, 6) is 1.28. The maximum absolute atomic E-state index is 11.8. The summed E-state index contributed by atoms with van der Waals surface area (Å²) in [6.07, 6.45) is 6.03. The topological polar surface area (TPSA) is 36.4 Å². The molecule has 1 atom stereocenters. The molecule has 0 aromatic carbocycles. The van der Waals surface area contributed by atoms with E-state index in [0.717, 1.165) is 44.0 Å². The fourth-order valence-corrected chi connectivity index (χ4v) is 3.68. The molecule has 2 saturated heterocycles. The van der Waals surface area contributed by atoms with Crippen LogP contribution in [0.1, 0.15) is 56.3 Å². The third-order valence-electron chi connectivity index (χ3n) is 4.81. The van der Waals surface area contributed by atoms with E-state index in [0.29, 0.717) is 0 Å². The summed E-state index contributed by atoms with van der Waals surface area (Å²) >= 11 is 0. The molecule has 0 spiro atoms. The molecule has 1 aromatic heterocycles. The third-order valence-corrected chi connectivity index (χ3v) is 4.81. The summed E-state index contributed by atoms with van der Waals surface area (Å²) in [7, 11) is 0. The van der Waals surface area contributed by atoms with Gasteiger partial charge >= 0.3 is 0 Å². The number of aromatic nitrogens is 1. The Bertz CT molecular complexity index is 523. The Morgan fingerprint density at radius 3 is 2.57 bits per heavy atom. The van der Waals surface area contributed by atoms with Crippen LogP contribution < -0.4 is 4.90 Å². The SMILES string of the molecule is CC(=O)N1CCCC1c1ccc(N2CCCCC2)nc1C. The van der Waals surface area contributed by atoms with Crippen molar-refractivity contribution in [3.63, 3.8) is 0 Å². The number of rotatable bonds is 2. The van der Waals surface area contributed by atoms with E-state index in [4.69, 9.17) is 4.98 Å². The quantitative estimate of drug-likeness (QED) is 0.839. The van der Waals surface area contributed by atoms with E-state index in [1.165, 1.54) is 24.8 Å². The number of carbonyl (C=O) groups is 1. The molecule has 21 heavy (non-hydrogen) atoms. The van der Waals surface area contributed by atoms with Crippen molar-refractivity contribution in [2.24, 2.45) is 0 Å². The fraction of sp³-hybridized carbons (Fsp3) is 0.647. The lowest BCUT2D eigenvalue weighted by Gasteiger charge is -2.29. The van der Waals surface area contributed by atoms with Crippen LogP contribution in [-0.4, -0.2) is 35.4 Å². The van der Waals surface area contributed by atoms with Crippen molar-refractivity contribution >= 4 is 11.7 Å². The lowest BCUT2D eigenvalue weighted by molar-refractivity contribution is -0.129. The summed E-state index contributed by atoms with van der Waals surface area (Å²) in [5.41, 5.74) is 2.31. The van der Waals surface area contributed by atoms with Crippen LogP contribution in [0.5, 0.6) is 0 Å². The smallest absolute Gasteiger partial charge is 0.219 e. The monoisotopic (exact) mass is 287 g/mol. The molecular formula is C17H25N3O. The Hall–Kier alpha value is -1.58. The number of hydrogen-bond donors (Lipinski definition) is 0. The third kappa shape index (κ3) is 2.89. The van der Waals surface area contributed by atoms with Gasteiger partial charge in [-0.3, -0.25) is 4.79 Å². The van der Waals surface area contributed by atoms with Crippen LogP contribution in [0.4, 0.5) is 5.82 Å². The van der Waals surface area contributed by atoms with E-state index in [9.17, 15) is 4.79 Å². The highest BCUT2D eigenvalue weighted by atomic mass is 16.2. The molecule has 4 heteroatoms. The Morgan fingerprint density at radius 1 is 1.14 bits per heavy atom. The summed E-state index contributed by atoms with van der Waals surface area (Å²) < 4.78 is 0. The highest BCUT2D eigenvalue weighted by molar-refractivity contribution is 5.74. The highest BCUT2D eigenvalue weighted by Crippen LogP contribution is 2.34. The molecule has 2 fully saturated rings.